The van der Waals surface area contributed by atoms with Crippen LogP contribution < -0.4 is 9.47 Å². The van der Waals surface area contributed by atoms with Gasteiger partial charge in [-0.1, -0.05) is 0 Å². The Kier molecular flexibility index (Phi) is 3.28. The van der Waals surface area contributed by atoms with Crippen LogP contribution in [0.1, 0.15) is 17.6 Å². The maximum Gasteiger partial charge on any atom is 0.394 e. The number of rotatable bonds is 3. The number of fused-ring (bicyclic) bond motifs is 1. The summed E-state index contributed by atoms with van der Waals surface area (Å²) in [6, 6.07) is 5.42. The van der Waals surface area contributed by atoms with E-state index >= 15 is 0 Å². The van der Waals surface area contributed by atoms with E-state index in [2.05, 4.69) is 4.98 Å². The molecule has 0 N–H and O–H groups in total. The SMILES string of the molecule is CCOC(=O)c1ncc(-c2ccc3c(c2)OCCO3)o1. The van der Waals surface area contributed by atoms with Crippen molar-refractivity contribution in [3.8, 4) is 22.8 Å². The van der Waals surface area contributed by atoms with Gasteiger partial charge in [0.25, 0.3) is 0 Å². The Morgan fingerprint density at radius 2 is 2.10 bits per heavy atom. The summed E-state index contributed by atoms with van der Waals surface area (Å²) in [5.74, 6) is 1.20. The Bertz CT molecular complexity index is 634. The van der Waals surface area contributed by atoms with Crippen molar-refractivity contribution in [2.45, 2.75) is 6.92 Å². The summed E-state index contributed by atoms with van der Waals surface area (Å²) >= 11 is 0. The number of hydrogen-bond donors (Lipinski definition) is 0. The molecule has 0 radical (unpaired) electrons. The van der Waals surface area contributed by atoms with E-state index in [1.54, 1.807) is 19.1 Å². The minimum atomic E-state index is -0.573. The van der Waals surface area contributed by atoms with Crippen molar-refractivity contribution in [3.05, 3.63) is 30.3 Å². The third-order valence-electron chi connectivity index (χ3n) is 2.78. The summed E-state index contributed by atoms with van der Waals surface area (Å²) in [5, 5.41) is 0. The van der Waals surface area contributed by atoms with E-state index in [4.69, 9.17) is 18.6 Å². The van der Waals surface area contributed by atoms with Gasteiger partial charge in [-0.05, 0) is 25.1 Å². The van der Waals surface area contributed by atoms with Crippen molar-refractivity contribution >= 4 is 5.97 Å². The molecule has 2 aromatic rings. The highest BCUT2D eigenvalue weighted by Crippen LogP contribution is 2.34. The molecule has 2 heterocycles. The first-order chi connectivity index (χ1) is 9.78. The zero-order valence-corrected chi connectivity index (χ0v) is 10.9. The first kappa shape index (κ1) is 12.5. The lowest BCUT2D eigenvalue weighted by Gasteiger charge is -2.18. The minimum Gasteiger partial charge on any atom is -0.486 e. The van der Waals surface area contributed by atoms with Gasteiger partial charge in [0.05, 0.1) is 12.8 Å². The zero-order chi connectivity index (χ0) is 13.9. The Hall–Kier alpha value is -2.50. The van der Waals surface area contributed by atoms with E-state index in [-0.39, 0.29) is 12.5 Å². The second-order valence-electron chi connectivity index (χ2n) is 4.11. The van der Waals surface area contributed by atoms with E-state index in [1.165, 1.54) is 6.20 Å². The van der Waals surface area contributed by atoms with Gasteiger partial charge in [-0.25, -0.2) is 9.78 Å². The molecule has 0 amide bonds. The second kappa shape index (κ2) is 5.24. The highest BCUT2D eigenvalue weighted by atomic mass is 16.6. The first-order valence-corrected chi connectivity index (χ1v) is 6.31. The largest absolute Gasteiger partial charge is 0.486 e. The Labute approximate surface area is 115 Å². The molecule has 20 heavy (non-hydrogen) atoms. The van der Waals surface area contributed by atoms with Crippen LogP contribution in [-0.4, -0.2) is 30.8 Å². The van der Waals surface area contributed by atoms with Gasteiger partial charge < -0.3 is 18.6 Å². The average molecular weight is 275 g/mol. The molecule has 0 spiro atoms. The number of carbonyl (C=O) groups excluding carboxylic acids is 1. The van der Waals surface area contributed by atoms with Crippen LogP contribution in [0.4, 0.5) is 0 Å². The molecule has 6 nitrogen and oxygen atoms in total. The van der Waals surface area contributed by atoms with Crippen LogP contribution in [-0.2, 0) is 4.74 Å². The van der Waals surface area contributed by atoms with Gasteiger partial charge in [-0.2, -0.15) is 0 Å². The van der Waals surface area contributed by atoms with E-state index in [1.807, 2.05) is 6.07 Å². The van der Waals surface area contributed by atoms with Gasteiger partial charge in [0.2, 0.25) is 0 Å². The predicted octanol–water partition coefficient (Wildman–Crippen LogP) is 2.29. The van der Waals surface area contributed by atoms with Gasteiger partial charge >= 0.3 is 11.9 Å². The standard InChI is InChI=1S/C14H13NO5/c1-2-17-14(16)13-15-8-12(20-13)9-3-4-10-11(7-9)19-6-5-18-10/h3-4,7-8H,2,5-6H2,1H3. The van der Waals surface area contributed by atoms with Crippen molar-refractivity contribution in [3.63, 3.8) is 0 Å². The van der Waals surface area contributed by atoms with Crippen molar-refractivity contribution < 1.29 is 23.4 Å². The molecule has 104 valence electrons. The van der Waals surface area contributed by atoms with Crippen molar-refractivity contribution in [2.24, 2.45) is 0 Å². The molecule has 0 atom stereocenters. The summed E-state index contributed by atoms with van der Waals surface area (Å²) in [5.41, 5.74) is 0.761. The molecule has 0 aliphatic carbocycles. The van der Waals surface area contributed by atoms with Gasteiger partial charge in [-0.3, -0.25) is 0 Å². The fraction of sp³-hybridized carbons (Fsp3) is 0.286. The maximum absolute atomic E-state index is 11.5. The highest BCUT2D eigenvalue weighted by molar-refractivity contribution is 5.84. The fourth-order valence-corrected chi connectivity index (χ4v) is 1.89. The molecule has 1 aliphatic rings. The van der Waals surface area contributed by atoms with Crippen LogP contribution in [0.5, 0.6) is 11.5 Å². The minimum absolute atomic E-state index is 0.0586. The van der Waals surface area contributed by atoms with E-state index in [9.17, 15) is 4.79 Å². The van der Waals surface area contributed by atoms with Crippen LogP contribution in [0.3, 0.4) is 0 Å². The van der Waals surface area contributed by atoms with Gasteiger partial charge in [0.15, 0.2) is 17.3 Å². The van der Waals surface area contributed by atoms with Crippen LogP contribution in [0.25, 0.3) is 11.3 Å². The lowest BCUT2D eigenvalue weighted by molar-refractivity contribution is 0.0482. The Morgan fingerprint density at radius 3 is 2.90 bits per heavy atom. The molecule has 0 saturated heterocycles. The van der Waals surface area contributed by atoms with Crippen LogP contribution in [0.2, 0.25) is 0 Å². The number of benzene rings is 1. The number of ether oxygens (including phenoxy) is 3. The summed E-state index contributed by atoms with van der Waals surface area (Å²) in [7, 11) is 0. The third kappa shape index (κ3) is 2.32. The molecule has 1 aromatic carbocycles. The number of aromatic nitrogens is 1. The monoisotopic (exact) mass is 275 g/mol. The van der Waals surface area contributed by atoms with Crippen LogP contribution in [0.15, 0.2) is 28.8 Å². The molecular formula is C14H13NO5. The second-order valence-corrected chi connectivity index (χ2v) is 4.11. The van der Waals surface area contributed by atoms with E-state index in [0.29, 0.717) is 30.5 Å². The lowest BCUT2D eigenvalue weighted by atomic mass is 10.1. The topological polar surface area (TPSA) is 70.8 Å². The van der Waals surface area contributed by atoms with Crippen molar-refractivity contribution in [1.82, 2.24) is 4.98 Å². The van der Waals surface area contributed by atoms with Crippen LogP contribution in [0, 0.1) is 0 Å². The Morgan fingerprint density at radius 1 is 1.30 bits per heavy atom. The van der Waals surface area contributed by atoms with Gasteiger partial charge in [0.1, 0.15) is 13.2 Å². The van der Waals surface area contributed by atoms with Gasteiger partial charge in [-0.15, -0.1) is 0 Å². The lowest BCUT2D eigenvalue weighted by Crippen LogP contribution is -2.15. The Balaban J connectivity index is 1.87. The summed E-state index contributed by atoms with van der Waals surface area (Å²) in [6.45, 7) is 3.06. The molecule has 0 fully saturated rings. The van der Waals surface area contributed by atoms with E-state index in [0.717, 1.165) is 5.56 Å². The quantitative estimate of drug-likeness (QED) is 0.800. The molecule has 0 bridgehead atoms. The third-order valence-corrected chi connectivity index (χ3v) is 2.78. The average Bonchev–Trinajstić information content (AvgIpc) is 2.97. The number of carbonyl (C=O) groups is 1. The molecule has 1 aromatic heterocycles. The molecule has 3 rings (SSSR count). The maximum atomic E-state index is 11.5. The first-order valence-electron chi connectivity index (χ1n) is 6.31. The van der Waals surface area contributed by atoms with E-state index < -0.39 is 5.97 Å². The molecule has 0 saturated carbocycles. The summed E-state index contributed by atoms with van der Waals surface area (Å²) < 4.78 is 21.2. The molecule has 1 aliphatic heterocycles. The zero-order valence-electron chi connectivity index (χ0n) is 10.9. The number of oxazole rings is 1. The highest BCUT2D eigenvalue weighted by Gasteiger charge is 2.17. The number of nitrogens with zero attached hydrogens (tertiary/aromatic N) is 1. The number of hydrogen-bond acceptors (Lipinski definition) is 6. The molecule has 6 heteroatoms. The van der Waals surface area contributed by atoms with Crippen LogP contribution >= 0.6 is 0 Å². The molecular weight excluding hydrogens is 262 g/mol. The van der Waals surface area contributed by atoms with Crippen molar-refractivity contribution in [1.29, 1.82) is 0 Å². The fourth-order valence-electron chi connectivity index (χ4n) is 1.89. The van der Waals surface area contributed by atoms with Gasteiger partial charge in [0, 0.05) is 5.56 Å². The summed E-state index contributed by atoms with van der Waals surface area (Å²) in [4.78, 5) is 15.4. The normalized spacial score (nSPS) is 13.1. The molecule has 0 unspecified atom stereocenters. The predicted molar refractivity (Wildman–Crippen MR) is 68.9 cm³/mol. The van der Waals surface area contributed by atoms with Crippen molar-refractivity contribution in [2.75, 3.05) is 19.8 Å². The smallest absolute Gasteiger partial charge is 0.394 e. The number of esters is 1. The summed E-state index contributed by atoms with van der Waals surface area (Å²) in [6.07, 6.45) is 1.48.